The molecule has 4 atom stereocenters. The van der Waals surface area contributed by atoms with E-state index >= 15 is 0 Å². The Morgan fingerprint density at radius 1 is 1.33 bits per heavy atom. The molecule has 3 aliphatic carbocycles. The third-order valence-corrected chi connectivity index (χ3v) is 4.75. The van der Waals surface area contributed by atoms with Crippen LogP contribution in [0.2, 0.25) is 0 Å². The monoisotopic (exact) mass is 168 g/mol. The Morgan fingerprint density at radius 3 is 2.42 bits per heavy atom. The van der Waals surface area contributed by atoms with E-state index in [-0.39, 0.29) is 0 Å². The minimum absolute atomic E-state index is 0.407. The molecular formula is C11H20O. The first-order valence-corrected chi connectivity index (χ1v) is 5.18. The minimum atomic E-state index is 0.407. The third kappa shape index (κ3) is 0.891. The Kier molecular flexibility index (Phi) is 1.76. The van der Waals surface area contributed by atoms with Crippen molar-refractivity contribution < 1.29 is 5.11 Å². The van der Waals surface area contributed by atoms with Crippen molar-refractivity contribution in [3.63, 3.8) is 0 Å². The van der Waals surface area contributed by atoms with Gasteiger partial charge in [-0.3, -0.25) is 0 Å². The van der Waals surface area contributed by atoms with E-state index in [1.165, 1.54) is 12.8 Å². The number of aliphatic hydroxyl groups excluding tert-OH is 1. The minimum Gasteiger partial charge on any atom is -0.396 e. The SMILES string of the molecule is C[C@@H]1[C@@H](CO)C[C@H]2C[C@@H]1C2(C)C. The topological polar surface area (TPSA) is 20.2 Å². The summed E-state index contributed by atoms with van der Waals surface area (Å²) in [5.74, 6) is 3.13. The summed E-state index contributed by atoms with van der Waals surface area (Å²) in [7, 11) is 0. The third-order valence-electron chi connectivity index (χ3n) is 4.75. The molecular weight excluding hydrogens is 148 g/mol. The molecule has 3 fully saturated rings. The van der Waals surface area contributed by atoms with Crippen LogP contribution in [-0.2, 0) is 0 Å². The highest BCUT2D eigenvalue weighted by atomic mass is 16.3. The van der Waals surface area contributed by atoms with Crippen LogP contribution >= 0.6 is 0 Å². The van der Waals surface area contributed by atoms with Gasteiger partial charge in [-0.1, -0.05) is 20.8 Å². The lowest BCUT2D eigenvalue weighted by atomic mass is 9.43. The van der Waals surface area contributed by atoms with Crippen LogP contribution in [0.1, 0.15) is 33.6 Å². The van der Waals surface area contributed by atoms with E-state index in [0.717, 1.165) is 17.8 Å². The van der Waals surface area contributed by atoms with Crippen molar-refractivity contribution in [3.8, 4) is 0 Å². The van der Waals surface area contributed by atoms with Gasteiger partial charge in [0.1, 0.15) is 0 Å². The predicted molar refractivity (Wildman–Crippen MR) is 49.7 cm³/mol. The Labute approximate surface area is 75.2 Å². The fourth-order valence-electron chi connectivity index (χ4n) is 3.50. The van der Waals surface area contributed by atoms with Crippen molar-refractivity contribution in [2.24, 2.45) is 29.1 Å². The van der Waals surface area contributed by atoms with E-state index in [1.807, 2.05) is 0 Å². The Balaban J connectivity index is 2.11. The van der Waals surface area contributed by atoms with Crippen molar-refractivity contribution >= 4 is 0 Å². The second-order valence-electron chi connectivity index (χ2n) is 5.40. The number of aliphatic hydroxyl groups is 1. The van der Waals surface area contributed by atoms with Crippen molar-refractivity contribution in [3.05, 3.63) is 0 Å². The molecule has 0 aromatic rings. The van der Waals surface area contributed by atoms with Crippen molar-refractivity contribution in [2.75, 3.05) is 6.61 Å². The lowest BCUT2D eigenvalue weighted by molar-refractivity contribution is -0.136. The molecule has 0 aromatic heterocycles. The molecule has 3 rings (SSSR count). The summed E-state index contributed by atoms with van der Waals surface area (Å²) < 4.78 is 0. The lowest BCUT2D eigenvalue weighted by Crippen LogP contribution is -2.55. The highest BCUT2D eigenvalue weighted by Gasteiger charge is 2.55. The molecule has 1 heteroatoms. The van der Waals surface area contributed by atoms with E-state index < -0.39 is 0 Å². The van der Waals surface area contributed by atoms with Gasteiger partial charge in [0.15, 0.2) is 0 Å². The first-order chi connectivity index (χ1) is 5.57. The summed E-state index contributed by atoms with van der Waals surface area (Å²) in [5, 5.41) is 9.17. The molecule has 0 aromatic carbocycles. The van der Waals surface area contributed by atoms with Crippen LogP contribution in [0.3, 0.4) is 0 Å². The van der Waals surface area contributed by atoms with Gasteiger partial charge in [0.05, 0.1) is 0 Å². The summed E-state index contributed by atoms with van der Waals surface area (Å²) in [6, 6.07) is 0. The quantitative estimate of drug-likeness (QED) is 0.637. The predicted octanol–water partition coefficient (Wildman–Crippen LogP) is 2.30. The molecule has 0 saturated heterocycles. The normalized spacial score (nSPS) is 50.0. The van der Waals surface area contributed by atoms with Crippen LogP contribution in [0.15, 0.2) is 0 Å². The molecule has 3 saturated carbocycles. The maximum atomic E-state index is 9.17. The summed E-state index contributed by atoms with van der Waals surface area (Å²) in [5.41, 5.74) is 0.574. The summed E-state index contributed by atoms with van der Waals surface area (Å²) in [4.78, 5) is 0. The molecule has 1 N–H and O–H groups in total. The van der Waals surface area contributed by atoms with E-state index in [0.29, 0.717) is 17.9 Å². The van der Waals surface area contributed by atoms with Crippen LogP contribution in [-0.4, -0.2) is 11.7 Å². The van der Waals surface area contributed by atoms with Gasteiger partial charge in [-0.05, 0) is 41.9 Å². The summed E-state index contributed by atoms with van der Waals surface area (Å²) in [6.07, 6.45) is 2.69. The maximum absolute atomic E-state index is 9.17. The second kappa shape index (κ2) is 2.47. The maximum Gasteiger partial charge on any atom is 0.0462 e. The number of hydrogen-bond acceptors (Lipinski definition) is 1. The summed E-state index contributed by atoms with van der Waals surface area (Å²) in [6.45, 7) is 7.53. The lowest BCUT2D eigenvalue weighted by Gasteiger charge is -2.62. The molecule has 3 aliphatic rings. The molecule has 70 valence electrons. The average molecular weight is 168 g/mol. The first-order valence-electron chi connectivity index (χ1n) is 5.18. The zero-order valence-electron chi connectivity index (χ0n) is 8.38. The van der Waals surface area contributed by atoms with Gasteiger partial charge in [0, 0.05) is 6.61 Å². The molecule has 0 amide bonds. The van der Waals surface area contributed by atoms with E-state index in [4.69, 9.17) is 5.11 Å². The van der Waals surface area contributed by atoms with Gasteiger partial charge < -0.3 is 5.11 Å². The highest BCUT2D eigenvalue weighted by Crippen LogP contribution is 2.62. The first kappa shape index (κ1) is 8.55. The van der Waals surface area contributed by atoms with Gasteiger partial charge in [0.2, 0.25) is 0 Å². The number of fused-ring (bicyclic) bond motifs is 2. The van der Waals surface area contributed by atoms with Gasteiger partial charge in [0.25, 0.3) is 0 Å². The molecule has 2 bridgehead atoms. The zero-order chi connectivity index (χ0) is 8.93. The molecule has 12 heavy (non-hydrogen) atoms. The fourth-order valence-corrected chi connectivity index (χ4v) is 3.50. The Hall–Kier alpha value is -0.0400. The van der Waals surface area contributed by atoms with Crippen LogP contribution in [0.4, 0.5) is 0 Å². The standard InChI is InChI=1S/C11H20O/c1-7-8(6-12)4-9-5-10(7)11(9,2)3/h7-10,12H,4-6H2,1-3H3/t7-,8-,9+,10+/m1/s1. The molecule has 0 aliphatic heterocycles. The van der Waals surface area contributed by atoms with Crippen LogP contribution in [0, 0.1) is 29.1 Å². The highest BCUT2D eigenvalue weighted by molar-refractivity contribution is 5.04. The molecule has 0 radical (unpaired) electrons. The summed E-state index contributed by atoms with van der Waals surface area (Å²) >= 11 is 0. The number of rotatable bonds is 1. The number of hydrogen-bond donors (Lipinski definition) is 1. The molecule has 0 spiro atoms. The fraction of sp³-hybridized carbons (Fsp3) is 1.00. The van der Waals surface area contributed by atoms with Gasteiger partial charge in [-0.2, -0.15) is 0 Å². The van der Waals surface area contributed by atoms with Gasteiger partial charge in [-0.25, -0.2) is 0 Å². The Morgan fingerprint density at radius 2 is 2.00 bits per heavy atom. The van der Waals surface area contributed by atoms with Crippen molar-refractivity contribution in [2.45, 2.75) is 33.6 Å². The molecule has 0 unspecified atom stereocenters. The van der Waals surface area contributed by atoms with Crippen LogP contribution < -0.4 is 0 Å². The smallest absolute Gasteiger partial charge is 0.0462 e. The largest absolute Gasteiger partial charge is 0.396 e. The van der Waals surface area contributed by atoms with E-state index in [9.17, 15) is 0 Å². The second-order valence-corrected chi connectivity index (χ2v) is 5.40. The van der Waals surface area contributed by atoms with Crippen molar-refractivity contribution in [1.82, 2.24) is 0 Å². The molecule has 0 heterocycles. The molecule has 1 nitrogen and oxygen atoms in total. The van der Waals surface area contributed by atoms with Crippen molar-refractivity contribution in [1.29, 1.82) is 0 Å². The van der Waals surface area contributed by atoms with Crippen LogP contribution in [0.25, 0.3) is 0 Å². The Bertz CT molecular complexity index is 185. The van der Waals surface area contributed by atoms with Crippen LogP contribution in [0.5, 0.6) is 0 Å². The van der Waals surface area contributed by atoms with Gasteiger partial charge >= 0.3 is 0 Å². The van der Waals surface area contributed by atoms with Gasteiger partial charge in [-0.15, -0.1) is 0 Å². The average Bonchev–Trinajstić information content (AvgIpc) is 2.03. The van der Waals surface area contributed by atoms with E-state index in [2.05, 4.69) is 20.8 Å². The zero-order valence-corrected chi connectivity index (χ0v) is 8.38. The van der Waals surface area contributed by atoms with E-state index in [1.54, 1.807) is 0 Å².